The Morgan fingerprint density at radius 3 is 2.75 bits per heavy atom. The number of aromatic nitrogens is 1. The molecule has 2 amide bonds. The van der Waals surface area contributed by atoms with Gasteiger partial charge in [-0.25, -0.2) is 9.18 Å². The predicted octanol–water partition coefficient (Wildman–Crippen LogP) is 5.52. The highest BCUT2D eigenvalue weighted by Crippen LogP contribution is 2.59. The smallest absolute Gasteiger partial charge is 0.324 e. The number of urea groups is 1. The van der Waals surface area contributed by atoms with Crippen molar-refractivity contribution in [3.63, 3.8) is 0 Å². The van der Waals surface area contributed by atoms with Crippen molar-refractivity contribution in [1.29, 1.82) is 0 Å². The number of rotatable bonds is 2. The van der Waals surface area contributed by atoms with Gasteiger partial charge in [0.05, 0.1) is 10.7 Å². The highest BCUT2D eigenvalue weighted by molar-refractivity contribution is 6.30. The highest BCUT2D eigenvalue weighted by Gasteiger charge is 2.50. The molecule has 0 bridgehead atoms. The molecule has 0 radical (unpaired) electrons. The fourth-order valence-electron chi connectivity index (χ4n) is 4.64. The van der Waals surface area contributed by atoms with E-state index in [1.807, 2.05) is 24.8 Å². The van der Waals surface area contributed by atoms with Gasteiger partial charge in [0.15, 0.2) is 0 Å². The van der Waals surface area contributed by atoms with E-state index >= 15 is 0 Å². The lowest BCUT2D eigenvalue weighted by Crippen LogP contribution is -2.54. The van der Waals surface area contributed by atoms with E-state index in [1.165, 1.54) is 6.07 Å². The first-order valence-corrected chi connectivity index (χ1v) is 10.1. The molecule has 4 rings (SSSR count). The number of benzene rings is 1. The van der Waals surface area contributed by atoms with Crippen molar-refractivity contribution in [2.24, 2.45) is 11.3 Å². The molecule has 28 heavy (non-hydrogen) atoms. The first-order valence-electron chi connectivity index (χ1n) is 9.73. The molecule has 1 spiro atoms. The molecule has 150 valence electrons. The van der Waals surface area contributed by atoms with Crippen LogP contribution in [0.15, 0.2) is 22.7 Å². The molecule has 1 aromatic carbocycles. The van der Waals surface area contributed by atoms with Gasteiger partial charge in [0.2, 0.25) is 5.88 Å². The van der Waals surface area contributed by atoms with E-state index in [-0.39, 0.29) is 22.3 Å². The third-order valence-corrected chi connectivity index (χ3v) is 7.09. The summed E-state index contributed by atoms with van der Waals surface area (Å²) in [5.74, 6) is 0.870. The van der Waals surface area contributed by atoms with Gasteiger partial charge in [0.25, 0.3) is 0 Å². The van der Waals surface area contributed by atoms with Crippen LogP contribution in [0.3, 0.4) is 0 Å². The van der Waals surface area contributed by atoms with Crippen molar-refractivity contribution in [3.05, 3.63) is 45.9 Å². The van der Waals surface area contributed by atoms with E-state index in [1.54, 1.807) is 6.07 Å². The van der Waals surface area contributed by atoms with E-state index in [2.05, 4.69) is 17.4 Å². The molecule has 1 N–H and O–H groups in total. The first kappa shape index (κ1) is 19.2. The van der Waals surface area contributed by atoms with Gasteiger partial charge in [-0.05, 0) is 68.1 Å². The normalized spacial score (nSPS) is 27.0. The second-order valence-corrected chi connectivity index (χ2v) is 8.80. The molecule has 7 heteroatoms. The molecule has 1 unspecified atom stereocenters. The van der Waals surface area contributed by atoms with Crippen molar-refractivity contribution >= 4 is 23.5 Å². The van der Waals surface area contributed by atoms with Crippen LogP contribution in [0.4, 0.5) is 15.1 Å². The van der Waals surface area contributed by atoms with E-state index < -0.39 is 0 Å². The number of carbonyl (C=O) groups is 1. The highest BCUT2D eigenvalue weighted by atomic mass is 35.5. The van der Waals surface area contributed by atoms with Gasteiger partial charge in [-0.2, -0.15) is 0 Å². The second kappa shape index (κ2) is 7.07. The lowest BCUT2D eigenvalue weighted by molar-refractivity contribution is -0.0231. The quantitative estimate of drug-likeness (QED) is 0.715. The molecular formula is C21H25ClFN3O2. The third-order valence-electron chi connectivity index (χ3n) is 6.80. The minimum atomic E-state index is -0.371. The first-order chi connectivity index (χ1) is 13.3. The van der Waals surface area contributed by atoms with E-state index in [4.69, 9.17) is 16.1 Å². The molecule has 2 heterocycles. The summed E-state index contributed by atoms with van der Waals surface area (Å²) >= 11 is 5.94. The summed E-state index contributed by atoms with van der Waals surface area (Å²) in [7, 11) is 0. The van der Waals surface area contributed by atoms with Gasteiger partial charge in [-0.15, -0.1) is 0 Å². The fraction of sp³-hybridized carbons (Fsp3) is 0.524. The van der Waals surface area contributed by atoms with Crippen molar-refractivity contribution in [3.8, 4) is 0 Å². The molecular weight excluding hydrogens is 381 g/mol. The number of nitrogens with one attached hydrogen (secondary N) is 1. The summed E-state index contributed by atoms with van der Waals surface area (Å²) in [6.45, 7) is 7.39. The van der Waals surface area contributed by atoms with Gasteiger partial charge < -0.3 is 9.42 Å². The number of hydrogen-bond donors (Lipinski definition) is 1. The zero-order valence-corrected chi connectivity index (χ0v) is 17.1. The average Bonchev–Trinajstić information content (AvgIpc) is 2.94. The predicted molar refractivity (Wildman–Crippen MR) is 106 cm³/mol. The number of nitrogens with zero attached hydrogens (tertiary/aromatic N) is 2. The Hall–Kier alpha value is -2.08. The van der Waals surface area contributed by atoms with E-state index in [9.17, 15) is 9.18 Å². The van der Waals surface area contributed by atoms with Crippen molar-refractivity contribution in [2.75, 3.05) is 18.4 Å². The molecule has 1 aliphatic heterocycles. The fourth-order valence-corrected chi connectivity index (χ4v) is 4.83. The van der Waals surface area contributed by atoms with Crippen molar-refractivity contribution in [2.45, 2.75) is 46.0 Å². The maximum Gasteiger partial charge on any atom is 0.324 e. The molecule has 5 nitrogen and oxygen atoms in total. The number of amides is 2. The number of anilines is 1. The summed E-state index contributed by atoms with van der Waals surface area (Å²) in [4.78, 5) is 14.5. The number of halogens is 2. The summed E-state index contributed by atoms with van der Waals surface area (Å²) in [6, 6.07) is 4.91. The van der Waals surface area contributed by atoms with Crippen LogP contribution >= 0.6 is 11.6 Å². The number of carbonyl (C=O) groups excluding carboxylic acids is 1. The molecule has 2 aromatic rings. The Morgan fingerprint density at radius 1 is 1.39 bits per heavy atom. The van der Waals surface area contributed by atoms with E-state index in [0.717, 1.165) is 49.2 Å². The maximum atomic E-state index is 13.4. The van der Waals surface area contributed by atoms with Gasteiger partial charge >= 0.3 is 6.03 Å². The van der Waals surface area contributed by atoms with Gasteiger partial charge in [-0.1, -0.05) is 29.7 Å². The summed E-state index contributed by atoms with van der Waals surface area (Å²) in [6.07, 6.45) is 3.10. The molecule has 1 saturated heterocycles. The Labute approximate surface area is 169 Å². The zero-order valence-electron chi connectivity index (χ0n) is 16.4. The number of aryl methyl sites for hydroxylation is 1. The lowest BCUT2D eigenvalue weighted by Gasteiger charge is -2.56. The van der Waals surface area contributed by atoms with Crippen LogP contribution < -0.4 is 5.32 Å². The van der Waals surface area contributed by atoms with Crippen LogP contribution in [0.5, 0.6) is 0 Å². The second-order valence-electron chi connectivity index (χ2n) is 8.39. The average molecular weight is 406 g/mol. The third kappa shape index (κ3) is 3.28. The standard InChI is InChI=1S/C21H25ClFN3O2/c1-12-11-26(20(27)24-19-13(2)14(3)25-28-19)7-6-21(12)9-16(10-21)15-4-5-18(23)17(22)8-15/h4-5,8,12,16H,6-7,9-11H2,1-3H3,(H,24,27). The largest absolute Gasteiger partial charge is 0.338 e. The Bertz CT molecular complexity index is 907. The summed E-state index contributed by atoms with van der Waals surface area (Å²) in [5, 5.41) is 6.91. The summed E-state index contributed by atoms with van der Waals surface area (Å²) < 4.78 is 18.6. The zero-order chi connectivity index (χ0) is 20.1. The molecule has 1 saturated carbocycles. The SMILES string of the molecule is Cc1noc(NC(=O)N2CCC3(CC(c4ccc(F)c(Cl)c4)C3)C(C)C2)c1C. The minimum Gasteiger partial charge on any atom is -0.338 e. The monoisotopic (exact) mass is 405 g/mol. The Kier molecular flexibility index (Phi) is 4.86. The molecule has 2 aliphatic rings. The molecule has 1 aromatic heterocycles. The lowest BCUT2D eigenvalue weighted by atomic mass is 9.52. The van der Waals surface area contributed by atoms with Crippen molar-refractivity contribution < 1.29 is 13.7 Å². The van der Waals surface area contributed by atoms with Gasteiger partial charge in [0.1, 0.15) is 5.82 Å². The maximum absolute atomic E-state index is 13.4. The van der Waals surface area contributed by atoms with Gasteiger partial charge in [-0.3, -0.25) is 5.32 Å². The molecule has 2 fully saturated rings. The molecule has 1 aliphatic carbocycles. The van der Waals surface area contributed by atoms with Crippen LogP contribution in [-0.2, 0) is 0 Å². The number of likely N-dealkylation sites (tertiary alicyclic amines) is 1. The topological polar surface area (TPSA) is 58.4 Å². The number of piperidine rings is 1. The van der Waals surface area contributed by atoms with E-state index in [0.29, 0.717) is 17.7 Å². The van der Waals surface area contributed by atoms with Crippen LogP contribution in [0.25, 0.3) is 0 Å². The van der Waals surface area contributed by atoms with Crippen LogP contribution in [0.2, 0.25) is 5.02 Å². The van der Waals surface area contributed by atoms with Crippen LogP contribution in [0.1, 0.15) is 48.9 Å². The molecule has 1 atom stereocenters. The minimum absolute atomic E-state index is 0.137. The Balaban J connectivity index is 1.36. The van der Waals surface area contributed by atoms with Gasteiger partial charge in [0, 0.05) is 18.7 Å². The Morgan fingerprint density at radius 2 is 2.14 bits per heavy atom. The van der Waals surface area contributed by atoms with Crippen molar-refractivity contribution in [1.82, 2.24) is 10.1 Å². The summed E-state index contributed by atoms with van der Waals surface area (Å²) in [5.41, 5.74) is 3.00. The van der Waals surface area contributed by atoms with Crippen LogP contribution in [0, 0.1) is 31.0 Å². The van der Waals surface area contributed by atoms with Crippen LogP contribution in [-0.4, -0.2) is 29.2 Å². The number of hydrogen-bond acceptors (Lipinski definition) is 3.